The number of Topliss-reactive ketones (excluding diaryl/α,β-unsaturated/α-hetero) is 1. The lowest BCUT2D eigenvalue weighted by molar-refractivity contribution is -0.131. The number of ketones is 1. The third-order valence-corrected chi connectivity index (χ3v) is 2.21. The van der Waals surface area contributed by atoms with Gasteiger partial charge in [0.25, 0.3) is 5.78 Å². The molecule has 0 saturated heterocycles. The number of carbonyl (C=O) groups is 2. The van der Waals surface area contributed by atoms with Crippen molar-refractivity contribution in [3.63, 3.8) is 0 Å². The summed E-state index contributed by atoms with van der Waals surface area (Å²) in [6.45, 7) is 0. The lowest BCUT2D eigenvalue weighted by atomic mass is 10.1. The Bertz CT molecular complexity index is 441. The summed E-state index contributed by atoms with van der Waals surface area (Å²) in [5, 5.41) is 8.74. The third kappa shape index (κ3) is 2.25. The van der Waals surface area contributed by atoms with Crippen LogP contribution in [0.15, 0.2) is 12.1 Å². The molecule has 0 unspecified atom stereocenters. The summed E-state index contributed by atoms with van der Waals surface area (Å²) < 4.78 is 9.80. The van der Waals surface area contributed by atoms with Crippen LogP contribution in [0.4, 0.5) is 0 Å². The van der Waals surface area contributed by atoms with Crippen molar-refractivity contribution < 1.29 is 24.2 Å². The van der Waals surface area contributed by atoms with Crippen LogP contribution < -0.4 is 9.47 Å². The molecule has 0 bridgehead atoms. The Morgan fingerprint density at radius 3 is 2.19 bits per heavy atom. The number of carbonyl (C=O) groups excluding carboxylic acids is 1. The second-order valence-electron chi connectivity index (χ2n) is 2.82. The van der Waals surface area contributed by atoms with Gasteiger partial charge in [0.1, 0.15) is 11.5 Å². The van der Waals surface area contributed by atoms with Crippen molar-refractivity contribution in [3.8, 4) is 11.5 Å². The van der Waals surface area contributed by atoms with Gasteiger partial charge in [-0.15, -0.1) is 0 Å². The van der Waals surface area contributed by atoms with E-state index in [-0.39, 0.29) is 16.3 Å². The molecule has 0 radical (unpaired) electrons. The predicted octanol–water partition coefficient (Wildman–Crippen LogP) is 1.62. The molecule has 0 spiro atoms. The van der Waals surface area contributed by atoms with Gasteiger partial charge in [-0.2, -0.15) is 0 Å². The van der Waals surface area contributed by atoms with E-state index in [4.69, 9.17) is 26.2 Å². The molecule has 1 aromatic rings. The third-order valence-electron chi connectivity index (χ3n) is 1.91. The summed E-state index contributed by atoms with van der Waals surface area (Å²) >= 11 is 5.78. The van der Waals surface area contributed by atoms with E-state index in [0.29, 0.717) is 5.75 Å². The standard InChI is InChI=1S/C10H9ClO5/c1-15-7-4-8(16-2)6(11)3-5(7)9(12)10(13)14/h3-4H,1-2H3,(H,13,14). The molecule has 0 heterocycles. The largest absolute Gasteiger partial charge is 0.496 e. The topological polar surface area (TPSA) is 72.8 Å². The Balaban J connectivity index is 3.34. The van der Waals surface area contributed by atoms with E-state index in [9.17, 15) is 9.59 Å². The highest BCUT2D eigenvalue weighted by Crippen LogP contribution is 2.32. The molecule has 86 valence electrons. The Labute approximate surface area is 96.5 Å². The van der Waals surface area contributed by atoms with Gasteiger partial charge in [0.2, 0.25) is 0 Å². The number of hydrogen-bond donors (Lipinski definition) is 1. The van der Waals surface area contributed by atoms with Gasteiger partial charge in [-0.25, -0.2) is 4.79 Å². The van der Waals surface area contributed by atoms with Crippen LogP contribution in [0, 0.1) is 0 Å². The first-order valence-corrected chi connectivity index (χ1v) is 4.58. The molecule has 1 N–H and O–H groups in total. The summed E-state index contributed by atoms with van der Waals surface area (Å²) in [6, 6.07) is 2.56. The van der Waals surface area contributed by atoms with Crippen LogP contribution >= 0.6 is 11.6 Å². The molecule has 6 heteroatoms. The number of halogens is 1. The number of ether oxygens (including phenoxy) is 2. The van der Waals surface area contributed by atoms with E-state index >= 15 is 0 Å². The van der Waals surface area contributed by atoms with Crippen molar-refractivity contribution in [2.45, 2.75) is 0 Å². The number of carboxylic acid groups (broad SMARTS) is 1. The van der Waals surface area contributed by atoms with Crippen molar-refractivity contribution >= 4 is 23.4 Å². The molecule has 0 aromatic heterocycles. The number of rotatable bonds is 4. The van der Waals surface area contributed by atoms with Crippen LogP contribution in [0.2, 0.25) is 5.02 Å². The van der Waals surface area contributed by atoms with Gasteiger partial charge in [-0.3, -0.25) is 4.79 Å². The average molecular weight is 245 g/mol. The maximum atomic E-state index is 11.3. The summed E-state index contributed by atoms with van der Waals surface area (Å²) in [5.41, 5.74) is -0.110. The summed E-state index contributed by atoms with van der Waals surface area (Å²) in [7, 11) is 2.72. The van der Waals surface area contributed by atoms with Crippen molar-refractivity contribution in [1.82, 2.24) is 0 Å². The fourth-order valence-electron chi connectivity index (χ4n) is 1.15. The smallest absolute Gasteiger partial charge is 0.377 e. The van der Waals surface area contributed by atoms with E-state index < -0.39 is 11.8 Å². The van der Waals surface area contributed by atoms with Crippen molar-refractivity contribution in [2.75, 3.05) is 14.2 Å². The minimum atomic E-state index is -1.57. The Kier molecular flexibility index (Phi) is 3.73. The van der Waals surface area contributed by atoms with Crippen LogP contribution in [0.3, 0.4) is 0 Å². The maximum Gasteiger partial charge on any atom is 0.377 e. The number of aliphatic carboxylic acids is 1. The lowest BCUT2D eigenvalue weighted by Crippen LogP contribution is -2.14. The number of hydrogen-bond acceptors (Lipinski definition) is 4. The fourth-order valence-corrected chi connectivity index (χ4v) is 1.39. The molecule has 1 aromatic carbocycles. The monoisotopic (exact) mass is 244 g/mol. The molecule has 0 fully saturated rings. The highest BCUT2D eigenvalue weighted by atomic mass is 35.5. The molecule has 0 saturated carbocycles. The fraction of sp³-hybridized carbons (Fsp3) is 0.200. The van der Waals surface area contributed by atoms with Gasteiger partial charge < -0.3 is 14.6 Å². The highest BCUT2D eigenvalue weighted by molar-refractivity contribution is 6.41. The molecule has 0 atom stereocenters. The highest BCUT2D eigenvalue weighted by Gasteiger charge is 2.21. The predicted molar refractivity (Wildman–Crippen MR) is 56.5 cm³/mol. The summed E-state index contributed by atoms with van der Waals surface area (Å²) in [6.07, 6.45) is 0. The molecule has 0 aliphatic carbocycles. The lowest BCUT2D eigenvalue weighted by Gasteiger charge is -2.09. The van der Waals surface area contributed by atoms with Gasteiger partial charge in [0.05, 0.1) is 24.8 Å². The molecule has 0 aliphatic heterocycles. The quantitative estimate of drug-likeness (QED) is 0.644. The minimum Gasteiger partial charge on any atom is -0.496 e. The molecular weight excluding hydrogens is 236 g/mol. The molecule has 0 aliphatic rings. The van der Waals surface area contributed by atoms with E-state index in [2.05, 4.69) is 0 Å². The van der Waals surface area contributed by atoms with Crippen LogP contribution in [0.1, 0.15) is 10.4 Å². The normalized spacial score (nSPS) is 9.69. The molecule has 1 rings (SSSR count). The van der Waals surface area contributed by atoms with Crippen LogP contribution in [0.25, 0.3) is 0 Å². The van der Waals surface area contributed by atoms with E-state index in [1.54, 1.807) is 0 Å². The summed E-state index contributed by atoms with van der Waals surface area (Å²) in [5.74, 6) is -2.24. The average Bonchev–Trinajstić information content (AvgIpc) is 2.27. The first-order valence-electron chi connectivity index (χ1n) is 4.20. The zero-order valence-corrected chi connectivity index (χ0v) is 9.37. The van der Waals surface area contributed by atoms with E-state index in [0.717, 1.165) is 0 Å². The van der Waals surface area contributed by atoms with Crippen molar-refractivity contribution in [1.29, 1.82) is 0 Å². The second kappa shape index (κ2) is 4.85. The molecule has 16 heavy (non-hydrogen) atoms. The number of methoxy groups -OCH3 is 2. The molecule has 5 nitrogen and oxygen atoms in total. The molecular formula is C10H9ClO5. The SMILES string of the molecule is COc1cc(OC)c(C(=O)C(=O)O)cc1Cl. The number of benzene rings is 1. The van der Waals surface area contributed by atoms with Crippen LogP contribution in [0.5, 0.6) is 11.5 Å². The maximum absolute atomic E-state index is 11.3. The molecule has 0 amide bonds. The van der Waals surface area contributed by atoms with E-state index in [1.807, 2.05) is 0 Å². The van der Waals surface area contributed by atoms with Crippen molar-refractivity contribution in [3.05, 3.63) is 22.7 Å². The first kappa shape index (κ1) is 12.3. The zero-order chi connectivity index (χ0) is 12.3. The van der Waals surface area contributed by atoms with Crippen LogP contribution in [-0.2, 0) is 4.79 Å². The van der Waals surface area contributed by atoms with Gasteiger partial charge in [0, 0.05) is 6.07 Å². The minimum absolute atomic E-state index is 0.105. The first-order chi connectivity index (χ1) is 7.51. The van der Waals surface area contributed by atoms with Gasteiger partial charge in [-0.1, -0.05) is 11.6 Å². The van der Waals surface area contributed by atoms with E-state index in [1.165, 1.54) is 26.4 Å². The summed E-state index contributed by atoms with van der Waals surface area (Å²) in [4.78, 5) is 21.9. The Hall–Kier alpha value is -1.75. The Morgan fingerprint density at radius 1 is 1.19 bits per heavy atom. The van der Waals surface area contributed by atoms with Gasteiger partial charge in [0.15, 0.2) is 0 Å². The Morgan fingerprint density at radius 2 is 1.75 bits per heavy atom. The van der Waals surface area contributed by atoms with Gasteiger partial charge in [-0.05, 0) is 6.07 Å². The van der Waals surface area contributed by atoms with Crippen molar-refractivity contribution in [2.24, 2.45) is 0 Å². The second-order valence-corrected chi connectivity index (χ2v) is 3.23. The zero-order valence-electron chi connectivity index (χ0n) is 8.61. The van der Waals surface area contributed by atoms with Crippen LogP contribution in [-0.4, -0.2) is 31.1 Å². The number of carboxylic acids is 1. The van der Waals surface area contributed by atoms with Gasteiger partial charge >= 0.3 is 5.97 Å².